The number of benzene rings is 2. The molecule has 12 heteroatoms. The molecule has 1 fully saturated rings. The molecule has 0 unspecified atom stereocenters. The van der Waals surface area contributed by atoms with Gasteiger partial charge in [-0.2, -0.15) is 0 Å². The van der Waals surface area contributed by atoms with Gasteiger partial charge in [-0.15, -0.1) is 0 Å². The number of methoxy groups -OCH3 is 2. The van der Waals surface area contributed by atoms with Crippen molar-refractivity contribution in [3.8, 4) is 17.2 Å². The molecule has 1 saturated heterocycles. The van der Waals surface area contributed by atoms with Gasteiger partial charge in [0.05, 0.1) is 20.8 Å². The minimum absolute atomic E-state index is 0.00525. The van der Waals surface area contributed by atoms with Crippen LogP contribution in [-0.2, 0) is 19.0 Å². The van der Waals surface area contributed by atoms with E-state index in [0.29, 0.717) is 0 Å². The zero-order chi connectivity index (χ0) is 27.8. The highest BCUT2D eigenvalue weighted by Gasteiger charge is 2.45. The Bertz CT molecular complexity index is 1050. The van der Waals surface area contributed by atoms with Gasteiger partial charge in [-0.3, -0.25) is 0 Å². The second kappa shape index (κ2) is 13.5. The second-order valence-corrected chi connectivity index (χ2v) is 8.51. The molecule has 0 amide bonds. The Morgan fingerprint density at radius 1 is 1.00 bits per heavy atom. The molecule has 38 heavy (non-hydrogen) atoms. The summed E-state index contributed by atoms with van der Waals surface area (Å²) in [5, 5.41) is 61.8. The normalized spacial score (nSPS) is 25.1. The molecule has 6 N–H and O–H groups in total. The average molecular weight is 537 g/mol. The van der Waals surface area contributed by atoms with Crippen molar-refractivity contribution in [1.29, 1.82) is 0 Å². The maximum absolute atomic E-state index is 12.0. The maximum Gasteiger partial charge on any atom is 0.330 e. The minimum Gasteiger partial charge on any atom is -0.502 e. The first-order chi connectivity index (χ1) is 18.2. The molecule has 12 nitrogen and oxygen atoms in total. The molecular weight excluding hydrogens is 504 g/mol. The first-order valence-electron chi connectivity index (χ1n) is 11.7. The summed E-state index contributed by atoms with van der Waals surface area (Å²) in [6.45, 7) is -1.02. The third-order valence-corrected chi connectivity index (χ3v) is 5.91. The Kier molecular flexibility index (Phi) is 10.4. The van der Waals surface area contributed by atoms with E-state index in [1.54, 1.807) is 24.3 Å². The van der Waals surface area contributed by atoms with Crippen LogP contribution in [0.3, 0.4) is 0 Å². The van der Waals surface area contributed by atoms with E-state index < -0.39 is 62.1 Å². The van der Waals surface area contributed by atoms with Gasteiger partial charge in [0.15, 0.2) is 17.8 Å². The van der Waals surface area contributed by atoms with E-state index >= 15 is 0 Å². The Morgan fingerprint density at radius 2 is 1.63 bits per heavy atom. The van der Waals surface area contributed by atoms with Crippen molar-refractivity contribution in [2.24, 2.45) is 0 Å². The van der Waals surface area contributed by atoms with Gasteiger partial charge in [0.1, 0.15) is 43.2 Å². The van der Waals surface area contributed by atoms with Crippen molar-refractivity contribution in [3.63, 3.8) is 0 Å². The molecule has 1 aliphatic heterocycles. The number of hydrogen-bond acceptors (Lipinski definition) is 12. The molecule has 0 bridgehead atoms. The lowest BCUT2D eigenvalue weighted by atomic mass is 9.99. The largest absolute Gasteiger partial charge is 0.502 e. The molecule has 1 aliphatic rings. The molecule has 208 valence electrons. The number of carbonyl (C=O) groups excluding carboxylic acids is 1. The van der Waals surface area contributed by atoms with Crippen molar-refractivity contribution in [3.05, 3.63) is 59.7 Å². The van der Waals surface area contributed by atoms with Crippen LogP contribution in [0.4, 0.5) is 0 Å². The van der Waals surface area contributed by atoms with Gasteiger partial charge in [-0.05, 0) is 29.3 Å². The Labute approximate surface area is 218 Å². The smallest absolute Gasteiger partial charge is 0.330 e. The van der Waals surface area contributed by atoms with Crippen molar-refractivity contribution in [1.82, 2.24) is 0 Å². The number of aliphatic hydroxyl groups excluding tert-OH is 5. The van der Waals surface area contributed by atoms with E-state index in [1.165, 1.54) is 38.5 Å². The summed E-state index contributed by atoms with van der Waals surface area (Å²) in [6.07, 6.45) is -8.12. The van der Waals surface area contributed by atoms with E-state index in [4.69, 9.17) is 23.7 Å². The van der Waals surface area contributed by atoms with Gasteiger partial charge in [-0.25, -0.2) is 4.79 Å². The number of esters is 1. The lowest BCUT2D eigenvalue weighted by Crippen LogP contribution is -2.59. The minimum atomic E-state index is -1.70. The van der Waals surface area contributed by atoms with Crippen molar-refractivity contribution >= 4 is 12.0 Å². The fourth-order valence-electron chi connectivity index (χ4n) is 3.72. The van der Waals surface area contributed by atoms with E-state index in [0.717, 1.165) is 5.56 Å². The highest BCUT2D eigenvalue weighted by molar-refractivity contribution is 5.87. The van der Waals surface area contributed by atoms with Crippen LogP contribution in [0.2, 0.25) is 0 Å². The summed E-state index contributed by atoms with van der Waals surface area (Å²) < 4.78 is 26.0. The van der Waals surface area contributed by atoms with E-state index in [9.17, 15) is 35.4 Å². The molecule has 0 radical (unpaired) electrons. The number of rotatable bonds is 11. The monoisotopic (exact) mass is 536 g/mol. The number of phenolic OH excluding ortho intramolecular Hbond substituents is 1. The van der Waals surface area contributed by atoms with E-state index in [-0.39, 0.29) is 22.8 Å². The predicted molar refractivity (Wildman–Crippen MR) is 131 cm³/mol. The van der Waals surface area contributed by atoms with E-state index in [2.05, 4.69) is 0 Å². The first-order valence-corrected chi connectivity index (χ1v) is 11.7. The van der Waals surface area contributed by atoms with Crippen molar-refractivity contribution < 1.29 is 59.1 Å². The van der Waals surface area contributed by atoms with Crippen molar-refractivity contribution in [2.75, 3.05) is 27.4 Å². The SMILES string of the molecule is COc1cc([C@H](O)[C@@H](O)CO[C@@H]2O[C@H](COC(=O)C=Cc3ccccc3)[C@@H](O)[C@H](O)[C@H]2O)cc(OC)c1O. The van der Waals surface area contributed by atoms with Gasteiger partial charge in [0.25, 0.3) is 0 Å². The molecule has 0 spiro atoms. The quantitative estimate of drug-likeness (QED) is 0.166. The summed E-state index contributed by atoms with van der Waals surface area (Å²) in [7, 11) is 2.61. The number of aliphatic hydroxyl groups is 5. The standard InChI is InChI=1S/C26H32O12/c1-34-17-10-15(11-18(35-2)22(17)30)21(29)16(27)12-37-26-25(33)24(32)23(31)19(38-26)13-36-20(28)9-8-14-6-4-3-5-7-14/h3-11,16,19,21,23-27,29-33H,12-13H2,1-2H3/t16-,19+,21-,23+,24-,25+,26+/m0/s1. The zero-order valence-electron chi connectivity index (χ0n) is 20.8. The fraction of sp³-hybridized carbons (Fsp3) is 0.423. The van der Waals surface area contributed by atoms with Crippen LogP contribution >= 0.6 is 0 Å². The van der Waals surface area contributed by atoms with Crippen molar-refractivity contribution in [2.45, 2.75) is 42.9 Å². The summed E-state index contributed by atoms with van der Waals surface area (Å²) in [5.74, 6) is -0.998. The lowest BCUT2D eigenvalue weighted by Gasteiger charge is -2.40. The second-order valence-electron chi connectivity index (χ2n) is 8.51. The summed E-state index contributed by atoms with van der Waals surface area (Å²) in [4.78, 5) is 12.0. The number of aromatic hydroxyl groups is 1. The molecule has 3 rings (SSSR count). The predicted octanol–water partition coefficient (Wildman–Crippen LogP) is -0.116. The van der Waals surface area contributed by atoms with Crippen LogP contribution in [-0.4, -0.2) is 101 Å². The van der Waals surface area contributed by atoms with Crippen LogP contribution in [0.5, 0.6) is 17.2 Å². The van der Waals surface area contributed by atoms with Crippen LogP contribution in [0.25, 0.3) is 6.08 Å². The topological polar surface area (TPSA) is 185 Å². The van der Waals surface area contributed by atoms with Gasteiger partial charge >= 0.3 is 5.97 Å². The third-order valence-electron chi connectivity index (χ3n) is 5.91. The van der Waals surface area contributed by atoms with Gasteiger partial charge in [0.2, 0.25) is 5.75 Å². The Morgan fingerprint density at radius 3 is 2.24 bits per heavy atom. The van der Waals surface area contributed by atoms with Gasteiger partial charge in [0, 0.05) is 6.08 Å². The summed E-state index contributed by atoms with van der Waals surface area (Å²) in [5.41, 5.74) is 0.914. The Hall–Kier alpha value is -3.23. The summed E-state index contributed by atoms with van der Waals surface area (Å²) in [6, 6.07) is 11.6. The Balaban J connectivity index is 1.58. The highest BCUT2D eigenvalue weighted by Crippen LogP contribution is 2.39. The maximum atomic E-state index is 12.0. The number of phenols is 1. The van der Waals surface area contributed by atoms with Crippen LogP contribution in [0.15, 0.2) is 48.5 Å². The van der Waals surface area contributed by atoms with E-state index in [1.807, 2.05) is 6.07 Å². The molecule has 1 heterocycles. The lowest BCUT2D eigenvalue weighted by molar-refractivity contribution is -0.306. The first kappa shape index (κ1) is 29.3. The molecular formula is C26H32O12. The number of ether oxygens (including phenoxy) is 5. The third kappa shape index (κ3) is 7.20. The van der Waals surface area contributed by atoms with Crippen LogP contribution in [0.1, 0.15) is 17.2 Å². The van der Waals surface area contributed by atoms with Gasteiger partial charge < -0.3 is 54.3 Å². The molecule has 2 aromatic carbocycles. The molecule has 0 saturated carbocycles. The average Bonchev–Trinajstić information content (AvgIpc) is 2.94. The van der Waals surface area contributed by atoms with Gasteiger partial charge in [-0.1, -0.05) is 30.3 Å². The molecule has 7 atom stereocenters. The number of carbonyl (C=O) groups is 1. The molecule has 0 aliphatic carbocycles. The summed E-state index contributed by atoms with van der Waals surface area (Å²) >= 11 is 0. The molecule has 0 aromatic heterocycles. The zero-order valence-corrected chi connectivity index (χ0v) is 20.8. The fourth-order valence-corrected chi connectivity index (χ4v) is 3.72. The van der Waals surface area contributed by atoms with Crippen LogP contribution < -0.4 is 9.47 Å². The van der Waals surface area contributed by atoms with Crippen LogP contribution in [0, 0.1) is 0 Å². The number of hydrogen-bond donors (Lipinski definition) is 6. The highest BCUT2D eigenvalue weighted by atomic mass is 16.7. The molecule has 2 aromatic rings.